The number of amides is 1. The number of anilines is 1. The van der Waals surface area contributed by atoms with Crippen molar-refractivity contribution >= 4 is 11.6 Å². The molecule has 2 aromatic carbocycles. The molecule has 0 radical (unpaired) electrons. The fourth-order valence-electron chi connectivity index (χ4n) is 1.84. The maximum atomic E-state index is 13.0. The van der Waals surface area contributed by atoms with Crippen LogP contribution < -0.4 is 5.32 Å². The summed E-state index contributed by atoms with van der Waals surface area (Å²) in [5.74, 6) is -0.266. The molecule has 0 saturated carbocycles. The third-order valence-corrected chi connectivity index (χ3v) is 2.92. The highest BCUT2D eigenvalue weighted by Gasteiger charge is 2.06. The summed E-state index contributed by atoms with van der Waals surface area (Å²) in [5, 5.41) is 3.19. The van der Waals surface area contributed by atoms with Crippen LogP contribution in [0, 0.1) is 5.82 Å². The highest BCUT2D eigenvalue weighted by Crippen LogP contribution is 2.12. The first-order valence-electron chi connectivity index (χ1n) is 6.36. The highest BCUT2D eigenvalue weighted by molar-refractivity contribution is 5.94. The van der Waals surface area contributed by atoms with Gasteiger partial charge in [0.2, 0.25) is 0 Å². The first-order valence-corrected chi connectivity index (χ1v) is 6.36. The third-order valence-electron chi connectivity index (χ3n) is 2.92. The maximum Gasteiger partial charge on any atom is 0.253 e. The molecule has 2 rings (SSSR count). The van der Waals surface area contributed by atoms with Crippen LogP contribution in [0.2, 0.25) is 0 Å². The lowest BCUT2D eigenvalue weighted by Gasteiger charge is -2.11. The minimum Gasteiger partial charge on any atom is -0.381 e. The second kappa shape index (κ2) is 6.19. The van der Waals surface area contributed by atoms with Crippen molar-refractivity contribution in [1.82, 2.24) is 4.90 Å². The predicted octanol–water partition coefficient (Wildman–Crippen LogP) is 3.14. The van der Waals surface area contributed by atoms with Crippen LogP contribution >= 0.6 is 0 Å². The Morgan fingerprint density at radius 2 is 1.85 bits per heavy atom. The molecule has 3 nitrogen and oxygen atoms in total. The molecular formula is C16H17FN2O. The summed E-state index contributed by atoms with van der Waals surface area (Å²) in [6.07, 6.45) is 0. The maximum absolute atomic E-state index is 13.0. The van der Waals surface area contributed by atoms with Crippen LogP contribution in [0.5, 0.6) is 0 Å². The second-order valence-corrected chi connectivity index (χ2v) is 4.76. The van der Waals surface area contributed by atoms with E-state index in [9.17, 15) is 9.18 Å². The predicted molar refractivity (Wildman–Crippen MR) is 78.2 cm³/mol. The van der Waals surface area contributed by atoms with Crippen LogP contribution in [-0.4, -0.2) is 24.9 Å². The van der Waals surface area contributed by atoms with Crippen molar-refractivity contribution in [2.24, 2.45) is 0 Å². The number of hydrogen-bond acceptors (Lipinski definition) is 2. The first kappa shape index (κ1) is 14.1. The Morgan fingerprint density at radius 1 is 1.15 bits per heavy atom. The Morgan fingerprint density at radius 3 is 2.45 bits per heavy atom. The van der Waals surface area contributed by atoms with Crippen LogP contribution in [0.1, 0.15) is 15.9 Å². The number of halogens is 1. The number of nitrogens with zero attached hydrogens (tertiary/aromatic N) is 1. The van der Waals surface area contributed by atoms with Gasteiger partial charge in [0.1, 0.15) is 5.82 Å². The van der Waals surface area contributed by atoms with Crippen molar-refractivity contribution in [3.8, 4) is 0 Å². The normalized spacial score (nSPS) is 10.2. The fraction of sp³-hybridized carbons (Fsp3) is 0.188. The number of carbonyl (C=O) groups excluding carboxylic acids is 1. The topological polar surface area (TPSA) is 32.3 Å². The van der Waals surface area contributed by atoms with E-state index in [2.05, 4.69) is 5.32 Å². The van der Waals surface area contributed by atoms with E-state index in [-0.39, 0.29) is 11.7 Å². The van der Waals surface area contributed by atoms with Crippen molar-refractivity contribution in [3.05, 3.63) is 65.5 Å². The molecule has 1 amide bonds. The molecule has 0 heterocycles. The van der Waals surface area contributed by atoms with Gasteiger partial charge >= 0.3 is 0 Å². The van der Waals surface area contributed by atoms with E-state index >= 15 is 0 Å². The molecule has 0 aliphatic rings. The van der Waals surface area contributed by atoms with Gasteiger partial charge in [-0.15, -0.1) is 0 Å². The Kier molecular flexibility index (Phi) is 4.35. The van der Waals surface area contributed by atoms with Gasteiger partial charge in [-0.2, -0.15) is 0 Å². The Labute approximate surface area is 118 Å². The number of hydrogen-bond donors (Lipinski definition) is 1. The minimum absolute atomic E-state index is 0.0262. The van der Waals surface area contributed by atoms with Crippen molar-refractivity contribution in [3.63, 3.8) is 0 Å². The summed E-state index contributed by atoms with van der Waals surface area (Å²) in [6, 6.07) is 13.7. The Hall–Kier alpha value is -2.36. The summed E-state index contributed by atoms with van der Waals surface area (Å²) in [4.78, 5) is 13.3. The number of benzene rings is 2. The Balaban J connectivity index is 1.99. The highest BCUT2D eigenvalue weighted by atomic mass is 19.1. The van der Waals surface area contributed by atoms with Crippen molar-refractivity contribution < 1.29 is 9.18 Å². The van der Waals surface area contributed by atoms with Gasteiger partial charge in [0.05, 0.1) is 0 Å². The van der Waals surface area contributed by atoms with Crippen molar-refractivity contribution in [1.29, 1.82) is 0 Å². The SMILES string of the molecule is CN(C)C(=O)c1ccc(NCc2cccc(F)c2)cc1. The average Bonchev–Trinajstić information content (AvgIpc) is 2.45. The summed E-state index contributed by atoms with van der Waals surface area (Å²) < 4.78 is 13.0. The van der Waals surface area contributed by atoms with Gasteiger partial charge in [-0.1, -0.05) is 12.1 Å². The van der Waals surface area contributed by atoms with E-state index in [0.29, 0.717) is 12.1 Å². The molecule has 2 aromatic rings. The van der Waals surface area contributed by atoms with E-state index in [4.69, 9.17) is 0 Å². The molecule has 0 saturated heterocycles. The van der Waals surface area contributed by atoms with Crippen LogP contribution in [0.25, 0.3) is 0 Å². The van der Waals surface area contributed by atoms with Crippen LogP contribution in [-0.2, 0) is 6.54 Å². The Bertz CT molecular complexity index is 594. The molecule has 0 fully saturated rings. The molecule has 104 valence electrons. The molecule has 0 atom stereocenters. The number of rotatable bonds is 4. The fourth-order valence-corrected chi connectivity index (χ4v) is 1.84. The molecule has 0 spiro atoms. The first-order chi connectivity index (χ1) is 9.56. The molecule has 0 aliphatic carbocycles. The van der Waals surface area contributed by atoms with E-state index in [1.165, 1.54) is 17.0 Å². The zero-order valence-electron chi connectivity index (χ0n) is 11.6. The largest absolute Gasteiger partial charge is 0.381 e. The molecule has 0 unspecified atom stereocenters. The molecule has 0 aliphatic heterocycles. The van der Waals surface area contributed by atoms with Gasteiger partial charge in [0, 0.05) is 31.9 Å². The second-order valence-electron chi connectivity index (χ2n) is 4.76. The summed E-state index contributed by atoms with van der Waals surface area (Å²) in [5.41, 5.74) is 2.41. The van der Waals surface area contributed by atoms with Gasteiger partial charge in [-0.25, -0.2) is 4.39 Å². The zero-order valence-corrected chi connectivity index (χ0v) is 11.6. The number of carbonyl (C=O) groups is 1. The van der Waals surface area contributed by atoms with E-state index in [1.807, 2.05) is 18.2 Å². The quantitative estimate of drug-likeness (QED) is 0.927. The van der Waals surface area contributed by atoms with E-state index < -0.39 is 0 Å². The lowest BCUT2D eigenvalue weighted by atomic mass is 10.1. The lowest BCUT2D eigenvalue weighted by molar-refractivity contribution is 0.0827. The summed E-state index contributed by atoms with van der Waals surface area (Å²) in [6.45, 7) is 0.540. The molecule has 0 aromatic heterocycles. The standard InChI is InChI=1S/C16H17FN2O/c1-19(2)16(20)13-6-8-15(9-7-13)18-11-12-4-3-5-14(17)10-12/h3-10,18H,11H2,1-2H3. The monoisotopic (exact) mass is 272 g/mol. The molecule has 1 N–H and O–H groups in total. The van der Waals surface area contributed by atoms with E-state index in [0.717, 1.165) is 11.3 Å². The lowest BCUT2D eigenvalue weighted by Crippen LogP contribution is -2.21. The zero-order chi connectivity index (χ0) is 14.5. The van der Waals surface area contributed by atoms with Crippen LogP contribution in [0.15, 0.2) is 48.5 Å². The average molecular weight is 272 g/mol. The minimum atomic E-state index is -0.240. The van der Waals surface area contributed by atoms with Gasteiger partial charge in [-0.05, 0) is 42.0 Å². The van der Waals surface area contributed by atoms with Gasteiger partial charge in [0.15, 0.2) is 0 Å². The van der Waals surface area contributed by atoms with Crippen LogP contribution in [0.3, 0.4) is 0 Å². The van der Waals surface area contributed by atoms with Gasteiger partial charge < -0.3 is 10.2 Å². The smallest absolute Gasteiger partial charge is 0.253 e. The molecular weight excluding hydrogens is 255 g/mol. The van der Waals surface area contributed by atoms with Crippen molar-refractivity contribution in [2.75, 3.05) is 19.4 Å². The van der Waals surface area contributed by atoms with Gasteiger partial charge in [-0.3, -0.25) is 4.79 Å². The number of nitrogens with one attached hydrogen (secondary N) is 1. The molecule has 0 bridgehead atoms. The van der Waals surface area contributed by atoms with Gasteiger partial charge in [0.25, 0.3) is 5.91 Å². The third kappa shape index (κ3) is 3.57. The summed E-state index contributed by atoms with van der Waals surface area (Å²) >= 11 is 0. The molecule has 20 heavy (non-hydrogen) atoms. The van der Waals surface area contributed by atoms with E-state index in [1.54, 1.807) is 32.3 Å². The van der Waals surface area contributed by atoms with Crippen molar-refractivity contribution in [2.45, 2.75) is 6.54 Å². The van der Waals surface area contributed by atoms with Crippen LogP contribution in [0.4, 0.5) is 10.1 Å². The summed E-state index contributed by atoms with van der Waals surface area (Å²) in [7, 11) is 3.44. The molecule has 4 heteroatoms.